The Labute approximate surface area is 71.8 Å². The van der Waals surface area contributed by atoms with Gasteiger partial charge in [-0.15, -0.1) is 0 Å². The summed E-state index contributed by atoms with van der Waals surface area (Å²) in [6, 6.07) is 5.56. The van der Waals surface area contributed by atoms with Crippen LogP contribution in [0.2, 0.25) is 0 Å². The molecule has 3 heteroatoms. The number of carbonyl (C=O) groups is 1. The van der Waals surface area contributed by atoms with Crippen LogP contribution in [0.4, 0.5) is 5.82 Å². The second-order valence-electron chi connectivity index (χ2n) is 2.46. The lowest BCUT2D eigenvalue weighted by Crippen LogP contribution is -2.12. The van der Waals surface area contributed by atoms with Crippen LogP contribution in [0.15, 0.2) is 24.4 Å². The average Bonchev–Trinajstić information content (AvgIpc) is 2.16. The van der Waals surface area contributed by atoms with Crippen LogP contribution >= 0.6 is 0 Å². The zero-order valence-electron chi connectivity index (χ0n) is 7.08. The predicted octanol–water partition coefficient (Wildman–Crippen LogP) is 1.47. The fourth-order valence-corrected chi connectivity index (χ4v) is 0.781. The monoisotopic (exact) mass is 164 g/mol. The molecule has 1 aromatic rings. The van der Waals surface area contributed by atoms with Crippen LogP contribution in [0.25, 0.3) is 0 Å². The third kappa shape index (κ3) is 2.70. The number of hydrogen-bond acceptors (Lipinski definition) is 3. The lowest BCUT2D eigenvalue weighted by molar-refractivity contribution is -0.117. The molecule has 1 heterocycles. The maximum Gasteiger partial charge on any atom is 0.151 e. The molecule has 12 heavy (non-hydrogen) atoms. The van der Waals surface area contributed by atoms with Crippen molar-refractivity contribution in [1.82, 2.24) is 4.98 Å². The normalized spacial score (nSPS) is 9.42. The van der Waals surface area contributed by atoms with Gasteiger partial charge in [-0.3, -0.25) is 4.79 Å². The molecule has 0 aliphatic rings. The lowest BCUT2D eigenvalue weighted by Gasteiger charge is -2.01. The van der Waals surface area contributed by atoms with Gasteiger partial charge in [-0.25, -0.2) is 4.98 Å². The number of hydrogen-bond donors (Lipinski definition) is 1. The summed E-state index contributed by atoms with van der Waals surface area (Å²) in [5.41, 5.74) is 0. The summed E-state index contributed by atoms with van der Waals surface area (Å²) < 4.78 is 0. The van der Waals surface area contributed by atoms with E-state index < -0.39 is 0 Å². The fraction of sp³-hybridized carbons (Fsp3) is 0.333. The quantitative estimate of drug-likeness (QED) is 0.732. The average molecular weight is 164 g/mol. The van der Waals surface area contributed by atoms with Crippen molar-refractivity contribution in [3.8, 4) is 0 Å². The maximum absolute atomic E-state index is 10.9. The van der Waals surface area contributed by atoms with Crippen molar-refractivity contribution in [2.24, 2.45) is 0 Å². The van der Waals surface area contributed by atoms with Gasteiger partial charge < -0.3 is 5.32 Å². The summed E-state index contributed by atoms with van der Waals surface area (Å²) in [6.07, 6.45) is 2.26. The minimum atomic E-state index is 0.195. The third-order valence-corrected chi connectivity index (χ3v) is 1.53. The van der Waals surface area contributed by atoms with Crippen molar-refractivity contribution in [3.05, 3.63) is 24.4 Å². The van der Waals surface area contributed by atoms with Crippen LogP contribution in [0.1, 0.15) is 13.3 Å². The van der Waals surface area contributed by atoms with Crippen molar-refractivity contribution in [1.29, 1.82) is 0 Å². The largest absolute Gasteiger partial charge is 0.363 e. The molecule has 0 saturated carbocycles. The van der Waals surface area contributed by atoms with Crippen molar-refractivity contribution in [2.75, 3.05) is 11.9 Å². The first-order chi connectivity index (χ1) is 5.83. The Hall–Kier alpha value is -1.38. The molecule has 1 aromatic heterocycles. The van der Waals surface area contributed by atoms with Crippen LogP contribution in [0, 0.1) is 0 Å². The Balaban J connectivity index is 2.38. The molecule has 0 aromatic carbocycles. The van der Waals surface area contributed by atoms with Crippen LogP contribution in [0.3, 0.4) is 0 Å². The van der Waals surface area contributed by atoms with E-state index in [9.17, 15) is 4.79 Å². The standard InChI is InChI=1S/C9H12N2O/c1-2-8(12)7-11-9-5-3-4-6-10-9/h3-6H,2,7H2,1H3,(H,10,11). The number of Topliss-reactive ketones (excluding diaryl/α,β-unsaturated/α-hetero) is 1. The van der Waals surface area contributed by atoms with Crippen molar-refractivity contribution < 1.29 is 4.79 Å². The number of ketones is 1. The van der Waals surface area contributed by atoms with Crippen molar-refractivity contribution in [3.63, 3.8) is 0 Å². The van der Waals surface area contributed by atoms with Crippen LogP contribution in [-0.4, -0.2) is 17.3 Å². The summed E-state index contributed by atoms with van der Waals surface area (Å²) in [6.45, 7) is 2.22. The number of carbonyl (C=O) groups excluding carboxylic acids is 1. The lowest BCUT2D eigenvalue weighted by atomic mass is 10.3. The topological polar surface area (TPSA) is 42.0 Å². The van der Waals surface area contributed by atoms with E-state index in [4.69, 9.17) is 0 Å². The highest BCUT2D eigenvalue weighted by Gasteiger charge is 1.96. The molecule has 0 fully saturated rings. The van der Waals surface area contributed by atoms with E-state index in [1.165, 1.54) is 0 Å². The first-order valence-electron chi connectivity index (χ1n) is 3.99. The van der Waals surface area contributed by atoms with Gasteiger partial charge >= 0.3 is 0 Å². The third-order valence-electron chi connectivity index (χ3n) is 1.53. The molecule has 1 rings (SSSR count). The van der Waals surface area contributed by atoms with Crippen LogP contribution < -0.4 is 5.32 Å². The second-order valence-corrected chi connectivity index (χ2v) is 2.46. The molecule has 1 N–H and O–H groups in total. The molecule has 3 nitrogen and oxygen atoms in total. The van der Waals surface area contributed by atoms with E-state index in [2.05, 4.69) is 10.3 Å². The number of pyridine rings is 1. The van der Waals surface area contributed by atoms with Gasteiger partial charge in [0.05, 0.1) is 6.54 Å². The van der Waals surface area contributed by atoms with E-state index in [1.807, 2.05) is 25.1 Å². The SMILES string of the molecule is CCC(=O)CNc1ccccn1. The molecule has 0 aliphatic heterocycles. The molecule has 0 amide bonds. The molecular weight excluding hydrogens is 152 g/mol. The molecule has 0 saturated heterocycles. The van der Waals surface area contributed by atoms with Gasteiger partial charge in [0, 0.05) is 12.6 Å². The number of nitrogens with zero attached hydrogens (tertiary/aromatic N) is 1. The number of aromatic nitrogens is 1. The highest BCUT2D eigenvalue weighted by atomic mass is 16.1. The van der Waals surface area contributed by atoms with Gasteiger partial charge in [0.15, 0.2) is 5.78 Å². The summed E-state index contributed by atoms with van der Waals surface area (Å²) in [7, 11) is 0. The summed E-state index contributed by atoms with van der Waals surface area (Å²) in [4.78, 5) is 14.9. The second kappa shape index (κ2) is 4.49. The number of rotatable bonds is 4. The first kappa shape index (κ1) is 8.71. The fourth-order valence-electron chi connectivity index (χ4n) is 0.781. The van der Waals surface area contributed by atoms with E-state index in [-0.39, 0.29) is 5.78 Å². The summed E-state index contributed by atoms with van der Waals surface area (Å²) in [5, 5.41) is 2.93. The van der Waals surface area contributed by atoms with E-state index in [1.54, 1.807) is 6.20 Å². The van der Waals surface area contributed by atoms with Crippen molar-refractivity contribution in [2.45, 2.75) is 13.3 Å². The maximum atomic E-state index is 10.9. The molecule has 64 valence electrons. The highest BCUT2D eigenvalue weighted by Crippen LogP contribution is 1.98. The van der Waals surface area contributed by atoms with Crippen LogP contribution in [-0.2, 0) is 4.79 Å². The van der Waals surface area contributed by atoms with Gasteiger partial charge in [-0.2, -0.15) is 0 Å². The molecule has 0 atom stereocenters. The highest BCUT2D eigenvalue weighted by molar-refractivity contribution is 5.82. The van der Waals surface area contributed by atoms with Gasteiger partial charge in [-0.05, 0) is 12.1 Å². The minimum Gasteiger partial charge on any atom is -0.363 e. The Morgan fingerprint density at radius 1 is 1.58 bits per heavy atom. The number of anilines is 1. The van der Waals surface area contributed by atoms with E-state index >= 15 is 0 Å². The van der Waals surface area contributed by atoms with Crippen molar-refractivity contribution >= 4 is 11.6 Å². The molecule has 0 spiro atoms. The minimum absolute atomic E-state index is 0.195. The smallest absolute Gasteiger partial charge is 0.151 e. The molecular formula is C9H12N2O. The Bertz CT molecular complexity index is 246. The zero-order chi connectivity index (χ0) is 8.81. The molecule has 0 bridgehead atoms. The van der Waals surface area contributed by atoms with Gasteiger partial charge in [0.2, 0.25) is 0 Å². The van der Waals surface area contributed by atoms with Gasteiger partial charge in [0.1, 0.15) is 5.82 Å². The Morgan fingerprint density at radius 2 is 2.42 bits per heavy atom. The van der Waals surface area contributed by atoms with Gasteiger partial charge in [0.25, 0.3) is 0 Å². The molecule has 0 radical (unpaired) electrons. The Kier molecular flexibility index (Phi) is 3.26. The molecule has 0 aliphatic carbocycles. The summed E-state index contributed by atoms with van der Waals surface area (Å²) in [5.74, 6) is 0.944. The van der Waals surface area contributed by atoms with Crippen LogP contribution in [0.5, 0.6) is 0 Å². The zero-order valence-corrected chi connectivity index (χ0v) is 7.08. The van der Waals surface area contributed by atoms with E-state index in [0.717, 1.165) is 5.82 Å². The Morgan fingerprint density at radius 3 is 3.00 bits per heavy atom. The predicted molar refractivity (Wildman–Crippen MR) is 48.0 cm³/mol. The first-order valence-corrected chi connectivity index (χ1v) is 3.99. The summed E-state index contributed by atoms with van der Waals surface area (Å²) >= 11 is 0. The van der Waals surface area contributed by atoms with Gasteiger partial charge in [-0.1, -0.05) is 13.0 Å². The van der Waals surface area contributed by atoms with E-state index in [0.29, 0.717) is 13.0 Å². The molecule has 0 unspecified atom stereocenters. The number of nitrogens with one attached hydrogen (secondary N) is 1.